The van der Waals surface area contributed by atoms with Gasteiger partial charge in [0.05, 0.1) is 26.7 Å². The van der Waals surface area contributed by atoms with Gasteiger partial charge in [-0.25, -0.2) is 4.98 Å². The molecule has 0 unspecified atom stereocenters. The minimum atomic E-state index is -0.358. The van der Waals surface area contributed by atoms with Crippen molar-refractivity contribution < 1.29 is 19.1 Å². The van der Waals surface area contributed by atoms with Gasteiger partial charge in [-0.1, -0.05) is 12.1 Å². The van der Waals surface area contributed by atoms with Crippen molar-refractivity contribution in [2.45, 2.75) is 18.9 Å². The molecule has 2 amide bonds. The van der Waals surface area contributed by atoms with Gasteiger partial charge in [0.1, 0.15) is 5.82 Å². The number of anilines is 1. The summed E-state index contributed by atoms with van der Waals surface area (Å²) in [6.45, 7) is 3.44. The Bertz CT molecular complexity index is 928. The number of ether oxygens (including phenoxy) is 2. The first-order valence-corrected chi connectivity index (χ1v) is 10.6. The molecule has 4 rings (SSSR count). The van der Waals surface area contributed by atoms with Gasteiger partial charge in [0.25, 0.3) is 0 Å². The van der Waals surface area contributed by atoms with E-state index in [0.717, 1.165) is 37.6 Å². The van der Waals surface area contributed by atoms with Crippen LogP contribution in [0.2, 0.25) is 0 Å². The van der Waals surface area contributed by atoms with Gasteiger partial charge in [0, 0.05) is 38.9 Å². The average Bonchev–Trinajstić information content (AvgIpc) is 3.11. The van der Waals surface area contributed by atoms with Gasteiger partial charge in [-0.15, -0.1) is 0 Å². The fourth-order valence-corrected chi connectivity index (χ4v) is 4.27. The van der Waals surface area contributed by atoms with Gasteiger partial charge in [-0.2, -0.15) is 0 Å². The topological polar surface area (TPSA) is 75.2 Å². The zero-order valence-corrected chi connectivity index (χ0v) is 18.0. The Kier molecular flexibility index (Phi) is 6.36. The van der Waals surface area contributed by atoms with E-state index in [1.807, 2.05) is 36.4 Å². The summed E-state index contributed by atoms with van der Waals surface area (Å²) in [5.74, 6) is 2.07. The average molecular weight is 425 g/mol. The van der Waals surface area contributed by atoms with Crippen LogP contribution < -0.4 is 14.4 Å². The largest absolute Gasteiger partial charge is 0.493 e. The zero-order chi connectivity index (χ0) is 21.8. The van der Waals surface area contributed by atoms with Gasteiger partial charge in [-0.3, -0.25) is 19.4 Å². The van der Waals surface area contributed by atoms with Crippen molar-refractivity contribution in [3.8, 4) is 11.5 Å². The number of carbonyl (C=O) groups is 2. The number of hydrogen-bond donors (Lipinski definition) is 0. The zero-order valence-electron chi connectivity index (χ0n) is 18.0. The van der Waals surface area contributed by atoms with Crippen LogP contribution in [0.4, 0.5) is 5.82 Å². The molecule has 0 saturated carbocycles. The first-order valence-electron chi connectivity index (χ1n) is 10.6. The molecule has 3 heterocycles. The molecular weight excluding hydrogens is 396 g/mol. The Morgan fingerprint density at radius 2 is 1.77 bits per heavy atom. The highest BCUT2D eigenvalue weighted by atomic mass is 16.5. The molecule has 0 bridgehead atoms. The summed E-state index contributed by atoms with van der Waals surface area (Å²) in [6.07, 6.45) is 2.63. The second-order valence-electron chi connectivity index (χ2n) is 7.75. The number of amides is 2. The molecule has 0 spiro atoms. The van der Waals surface area contributed by atoms with E-state index in [1.165, 1.54) is 4.90 Å². The first kappa shape index (κ1) is 21.1. The molecule has 1 aromatic carbocycles. The van der Waals surface area contributed by atoms with Crippen LogP contribution in [0.25, 0.3) is 0 Å². The van der Waals surface area contributed by atoms with E-state index in [1.54, 1.807) is 20.4 Å². The predicted molar refractivity (Wildman–Crippen MR) is 116 cm³/mol. The van der Waals surface area contributed by atoms with Crippen LogP contribution in [0.15, 0.2) is 42.6 Å². The Morgan fingerprint density at radius 1 is 1.00 bits per heavy atom. The number of methoxy groups -OCH3 is 2. The maximum absolute atomic E-state index is 13.0. The molecule has 0 radical (unpaired) electrons. The van der Waals surface area contributed by atoms with E-state index in [0.29, 0.717) is 24.5 Å². The third-order valence-corrected chi connectivity index (χ3v) is 6.02. The number of nitrogens with zero attached hydrogens (tertiary/aromatic N) is 4. The quantitative estimate of drug-likeness (QED) is 0.625. The lowest BCUT2D eigenvalue weighted by Gasteiger charge is -2.37. The first-order chi connectivity index (χ1) is 15.1. The second kappa shape index (κ2) is 9.34. The van der Waals surface area contributed by atoms with Crippen LogP contribution in [-0.2, 0) is 16.0 Å². The third-order valence-electron chi connectivity index (χ3n) is 6.02. The summed E-state index contributed by atoms with van der Waals surface area (Å²) in [5.41, 5.74) is 0.991. The molecule has 1 aromatic heterocycles. The molecule has 2 aliphatic heterocycles. The molecule has 2 aromatic rings. The van der Waals surface area contributed by atoms with Crippen LogP contribution in [0.3, 0.4) is 0 Å². The number of hydrogen-bond acceptors (Lipinski definition) is 7. The SMILES string of the molecule is COc1ccc(CCN2C(=O)C[C@H](N3CCN(c4ccccn4)CC3)C2=O)cc1OC. The van der Waals surface area contributed by atoms with Gasteiger partial charge in [0.2, 0.25) is 11.8 Å². The molecule has 2 saturated heterocycles. The molecule has 0 aliphatic carbocycles. The fraction of sp³-hybridized carbons (Fsp3) is 0.435. The highest BCUT2D eigenvalue weighted by molar-refractivity contribution is 6.05. The molecular formula is C23H28N4O4. The molecule has 2 aliphatic rings. The second-order valence-corrected chi connectivity index (χ2v) is 7.75. The van der Waals surface area contributed by atoms with E-state index >= 15 is 0 Å². The van der Waals surface area contributed by atoms with Crippen molar-refractivity contribution in [2.75, 3.05) is 51.8 Å². The number of carbonyl (C=O) groups excluding carboxylic acids is 2. The van der Waals surface area contributed by atoms with E-state index in [2.05, 4.69) is 14.8 Å². The predicted octanol–water partition coefficient (Wildman–Crippen LogP) is 1.59. The monoisotopic (exact) mass is 424 g/mol. The molecule has 8 heteroatoms. The van der Waals surface area contributed by atoms with E-state index in [4.69, 9.17) is 9.47 Å². The van der Waals surface area contributed by atoms with Crippen LogP contribution in [0, 0.1) is 0 Å². The molecule has 8 nitrogen and oxygen atoms in total. The Labute approximate surface area is 182 Å². The summed E-state index contributed by atoms with van der Waals surface area (Å²) in [6, 6.07) is 11.2. The smallest absolute Gasteiger partial charge is 0.247 e. The molecule has 31 heavy (non-hydrogen) atoms. The standard InChI is InChI=1S/C23H28N4O4/c1-30-19-7-6-17(15-20(19)31-2)8-10-27-22(28)16-18(23(27)29)25-11-13-26(14-12-25)21-5-3-4-9-24-21/h3-7,9,15,18H,8,10-14,16H2,1-2H3/t18-/m0/s1. The number of piperazine rings is 1. The van der Waals surface area contributed by atoms with Gasteiger partial charge in [-0.05, 0) is 36.2 Å². The van der Waals surface area contributed by atoms with Crippen LogP contribution in [0.5, 0.6) is 11.5 Å². The van der Waals surface area contributed by atoms with E-state index in [9.17, 15) is 9.59 Å². The van der Waals surface area contributed by atoms with Crippen LogP contribution >= 0.6 is 0 Å². The lowest BCUT2D eigenvalue weighted by Crippen LogP contribution is -2.52. The van der Waals surface area contributed by atoms with Crippen molar-refractivity contribution in [3.05, 3.63) is 48.2 Å². The normalized spacial score (nSPS) is 19.7. The lowest BCUT2D eigenvalue weighted by molar-refractivity contribution is -0.139. The van der Waals surface area contributed by atoms with Crippen molar-refractivity contribution in [3.63, 3.8) is 0 Å². The van der Waals surface area contributed by atoms with Gasteiger partial charge in [0.15, 0.2) is 11.5 Å². The summed E-state index contributed by atoms with van der Waals surface area (Å²) in [7, 11) is 3.18. The van der Waals surface area contributed by atoms with Crippen molar-refractivity contribution in [1.29, 1.82) is 0 Å². The molecule has 164 valence electrons. The number of pyridine rings is 1. The number of imide groups is 1. The number of benzene rings is 1. The van der Waals surface area contributed by atoms with E-state index < -0.39 is 0 Å². The van der Waals surface area contributed by atoms with Crippen LogP contribution in [-0.4, -0.2) is 79.6 Å². The summed E-state index contributed by atoms with van der Waals surface area (Å²) in [4.78, 5) is 35.7. The maximum atomic E-state index is 13.0. The fourth-order valence-electron chi connectivity index (χ4n) is 4.27. The van der Waals surface area contributed by atoms with Crippen molar-refractivity contribution >= 4 is 17.6 Å². The Balaban J connectivity index is 1.34. The van der Waals surface area contributed by atoms with Crippen molar-refractivity contribution in [1.82, 2.24) is 14.8 Å². The minimum Gasteiger partial charge on any atom is -0.493 e. The van der Waals surface area contributed by atoms with Gasteiger partial charge >= 0.3 is 0 Å². The summed E-state index contributed by atoms with van der Waals surface area (Å²) >= 11 is 0. The highest BCUT2D eigenvalue weighted by Crippen LogP contribution is 2.28. The number of rotatable bonds is 7. The van der Waals surface area contributed by atoms with Gasteiger partial charge < -0.3 is 14.4 Å². The molecule has 0 N–H and O–H groups in total. The van der Waals surface area contributed by atoms with Crippen LogP contribution in [0.1, 0.15) is 12.0 Å². The Hall–Kier alpha value is -3.13. The molecule has 2 fully saturated rings. The van der Waals surface area contributed by atoms with Crippen molar-refractivity contribution in [2.24, 2.45) is 0 Å². The number of aromatic nitrogens is 1. The number of likely N-dealkylation sites (tertiary alicyclic amines) is 1. The summed E-state index contributed by atoms with van der Waals surface area (Å²) < 4.78 is 10.6. The Morgan fingerprint density at radius 3 is 2.45 bits per heavy atom. The lowest BCUT2D eigenvalue weighted by atomic mass is 10.1. The summed E-state index contributed by atoms with van der Waals surface area (Å²) in [5, 5.41) is 0. The molecule has 1 atom stereocenters. The maximum Gasteiger partial charge on any atom is 0.247 e. The third kappa shape index (κ3) is 4.49. The highest BCUT2D eigenvalue weighted by Gasteiger charge is 2.42. The minimum absolute atomic E-state index is 0.0863. The van der Waals surface area contributed by atoms with E-state index in [-0.39, 0.29) is 24.3 Å².